The summed E-state index contributed by atoms with van der Waals surface area (Å²) in [4.78, 5) is 22.1. The average molecular weight is 388 g/mol. The van der Waals surface area contributed by atoms with Gasteiger partial charge in [-0.3, -0.25) is 9.59 Å². The number of thioether (sulfide) groups is 1. The van der Waals surface area contributed by atoms with Crippen LogP contribution in [0.1, 0.15) is 17.5 Å². The summed E-state index contributed by atoms with van der Waals surface area (Å²) in [6, 6.07) is 3.25. The molecule has 2 rings (SSSR count). The van der Waals surface area contributed by atoms with Crippen molar-refractivity contribution in [3.05, 3.63) is 33.5 Å². The van der Waals surface area contributed by atoms with Gasteiger partial charge in [-0.25, -0.2) is 4.39 Å². The summed E-state index contributed by atoms with van der Waals surface area (Å²) < 4.78 is 14.1. The zero-order valence-electron chi connectivity index (χ0n) is 11.3. The van der Waals surface area contributed by atoms with Crippen LogP contribution >= 0.6 is 27.7 Å². The Labute approximate surface area is 138 Å². The highest BCUT2D eigenvalue weighted by Crippen LogP contribution is 2.23. The number of amidine groups is 1. The van der Waals surface area contributed by atoms with Gasteiger partial charge >= 0.3 is 5.97 Å². The molecule has 0 spiro atoms. The van der Waals surface area contributed by atoms with Crippen molar-refractivity contribution in [1.29, 1.82) is 0 Å². The van der Waals surface area contributed by atoms with Crippen molar-refractivity contribution >= 4 is 51.0 Å². The SMILES string of the molecule is Cc1cc(Br)c(F)c(C=NN=C2NC(=O)C(CC(=O)O)S2)c1. The van der Waals surface area contributed by atoms with Crippen molar-refractivity contribution in [2.45, 2.75) is 18.6 Å². The number of halogens is 2. The lowest BCUT2D eigenvalue weighted by Gasteiger charge is -2.01. The average Bonchev–Trinajstić information content (AvgIpc) is 2.75. The number of carbonyl (C=O) groups excluding carboxylic acids is 1. The number of nitrogens with one attached hydrogen (secondary N) is 1. The number of rotatable bonds is 4. The Morgan fingerprint density at radius 3 is 3.00 bits per heavy atom. The zero-order chi connectivity index (χ0) is 16.3. The van der Waals surface area contributed by atoms with Gasteiger partial charge in [0.25, 0.3) is 0 Å². The van der Waals surface area contributed by atoms with Crippen LogP contribution in [0.3, 0.4) is 0 Å². The first-order chi connectivity index (χ1) is 10.4. The molecule has 1 aliphatic rings. The maximum atomic E-state index is 13.8. The van der Waals surface area contributed by atoms with Gasteiger partial charge in [0.2, 0.25) is 5.91 Å². The van der Waals surface area contributed by atoms with Crippen LogP contribution in [0, 0.1) is 12.7 Å². The Balaban J connectivity index is 2.09. The van der Waals surface area contributed by atoms with Gasteiger partial charge in [-0.05, 0) is 40.5 Å². The molecule has 0 aromatic heterocycles. The van der Waals surface area contributed by atoms with Crippen LogP contribution in [0.5, 0.6) is 0 Å². The fourth-order valence-corrected chi connectivity index (χ4v) is 3.24. The molecule has 1 unspecified atom stereocenters. The molecule has 0 aliphatic carbocycles. The van der Waals surface area contributed by atoms with E-state index in [0.717, 1.165) is 17.3 Å². The molecule has 22 heavy (non-hydrogen) atoms. The van der Waals surface area contributed by atoms with Crippen molar-refractivity contribution in [2.24, 2.45) is 10.2 Å². The highest BCUT2D eigenvalue weighted by molar-refractivity contribution is 9.10. The molecule has 9 heteroatoms. The van der Waals surface area contributed by atoms with Crippen LogP contribution in [0.4, 0.5) is 4.39 Å². The van der Waals surface area contributed by atoms with Gasteiger partial charge in [0.1, 0.15) is 11.1 Å². The largest absolute Gasteiger partial charge is 0.481 e. The number of hydrogen-bond acceptors (Lipinski definition) is 5. The normalized spacial score (nSPS) is 19.9. The Morgan fingerprint density at radius 2 is 2.32 bits per heavy atom. The van der Waals surface area contributed by atoms with Gasteiger partial charge < -0.3 is 10.4 Å². The monoisotopic (exact) mass is 387 g/mol. The van der Waals surface area contributed by atoms with Gasteiger partial charge in [-0.1, -0.05) is 11.8 Å². The number of carboxylic acids is 1. The first-order valence-corrected chi connectivity index (χ1v) is 7.80. The van der Waals surface area contributed by atoms with E-state index in [1.165, 1.54) is 6.21 Å². The summed E-state index contributed by atoms with van der Waals surface area (Å²) in [6.45, 7) is 1.82. The van der Waals surface area contributed by atoms with Crippen LogP contribution < -0.4 is 5.32 Å². The van der Waals surface area contributed by atoms with Crippen molar-refractivity contribution in [3.63, 3.8) is 0 Å². The second kappa shape index (κ2) is 7.01. The molecule has 1 heterocycles. The summed E-state index contributed by atoms with van der Waals surface area (Å²) in [5, 5.41) is 18.1. The number of benzene rings is 1. The fraction of sp³-hybridized carbons (Fsp3) is 0.231. The fourth-order valence-electron chi connectivity index (χ4n) is 1.73. The highest BCUT2D eigenvalue weighted by atomic mass is 79.9. The molecule has 6 nitrogen and oxygen atoms in total. The van der Waals surface area contributed by atoms with Crippen LogP contribution in [-0.4, -0.2) is 33.6 Å². The minimum absolute atomic E-state index is 0.194. The molecule has 1 amide bonds. The lowest BCUT2D eigenvalue weighted by atomic mass is 10.1. The maximum Gasteiger partial charge on any atom is 0.305 e. The minimum Gasteiger partial charge on any atom is -0.481 e. The Morgan fingerprint density at radius 1 is 1.59 bits per heavy atom. The van der Waals surface area contributed by atoms with Gasteiger partial charge in [0.15, 0.2) is 5.17 Å². The highest BCUT2D eigenvalue weighted by Gasteiger charge is 2.32. The third-order valence-corrected chi connectivity index (χ3v) is 4.33. The predicted molar refractivity (Wildman–Crippen MR) is 85.6 cm³/mol. The molecule has 1 aliphatic heterocycles. The standard InChI is InChI=1S/C13H11BrFN3O3S/c1-6-2-7(11(15)8(14)3-6)5-16-18-13-17-12(21)9(22-13)4-10(19)20/h2-3,5,9H,4H2,1H3,(H,19,20)(H,17,18,21). The van der Waals surface area contributed by atoms with E-state index in [0.29, 0.717) is 4.47 Å². The molecule has 1 saturated heterocycles. The minimum atomic E-state index is -1.07. The molecule has 0 bridgehead atoms. The predicted octanol–water partition coefficient (Wildman–Crippen LogP) is 2.29. The van der Waals surface area contributed by atoms with E-state index < -0.39 is 22.9 Å². The Kier molecular flexibility index (Phi) is 5.30. The van der Waals surface area contributed by atoms with Crippen LogP contribution in [0.25, 0.3) is 0 Å². The van der Waals surface area contributed by atoms with E-state index in [1.807, 2.05) is 6.92 Å². The molecule has 1 fully saturated rings. The summed E-state index contributed by atoms with van der Waals surface area (Å²) >= 11 is 4.09. The number of hydrogen-bond donors (Lipinski definition) is 2. The van der Waals surface area contributed by atoms with E-state index in [1.54, 1.807) is 12.1 Å². The smallest absolute Gasteiger partial charge is 0.305 e. The maximum absolute atomic E-state index is 13.8. The van der Waals surface area contributed by atoms with Gasteiger partial charge in [-0.15, -0.1) is 5.10 Å². The van der Waals surface area contributed by atoms with Crippen molar-refractivity contribution in [1.82, 2.24) is 5.32 Å². The van der Waals surface area contributed by atoms with Crippen molar-refractivity contribution in [3.8, 4) is 0 Å². The number of aliphatic carboxylic acids is 1. The second-order valence-electron chi connectivity index (χ2n) is 4.49. The Bertz CT molecular complexity index is 693. The summed E-state index contributed by atoms with van der Waals surface area (Å²) in [5.74, 6) is -1.95. The van der Waals surface area contributed by atoms with E-state index >= 15 is 0 Å². The molecule has 1 atom stereocenters. The molecular weight excluding hydrogens is 377 g/mol. The third-order valence-electron chi connectivity index (χ3n) is 2.68. The van der Waals surface area contributed by atoms with E-state index in [-0.39, 0.29) is 17.2 Å². The number of carboxylic acid groups (broad SMARTS) is 1. The summed E-state index contributed by atoms with van der Waals surface area (Å²) in [6.07, 6.45) is 0.940. The molecule has 1 aromatic rings. The zero-order valence-corrected chi connectivity index (χ0v) is 13.7. The van der Waals surface area contributed by atoms with Gasteiger partial charge in [-0.2, -0.15) is 5.10 Å². The summed E-state index contributed by atoms with van der Waals surface area (Å²) in [7, 11) is 0. The van der Waals surface area contributed by atoms with Gasteiger partial charge in [0, 0.05) is 5.56 Å². The topological polar surface area (TPSA) is 91.1 Å². The van der Waals surface area contributed by atoms with Crippen LogP contribution in [-0.2, 0) is 9.59 Å². The Hall–Kier alpha value is -1.74. The first-order valence-electron chi connectivity index (χ1n) is 6.13. The number of amides is 1. The number of aryl methyl sites for hydroxylation is 1. The van der Waals surface area contributed by atoms with E-state index in [4.69, 9.17) is 5.11 Å². The van der Waals surface area contributed by atoms with Crippen molar-refractivity contribution in [2.75, 3.05) is 0 Å². The molecule has 116 valence electrons. The molecule has 0 radical (unpaired) electrons. The molecule has 0 saturated carbocycles. The van der Waals surface area contributed by atoms with E-state index in [9.17, 15) is 14.0 Å². The van der Waals surface area contributed by atoms with Crippen LogP contribution in [0.2, 0.25) is 0 Å². The summed E-state index contributed by atoms with van der Waals surface area (Å²) in [5.41, 5.74) is 1.11. The lowest BCUT2D eigenvalue weighted by molar-refractivity contribution is -0.138. The molecular formula is C13H11BrFN3O3S. The first kappa shape index (κ1) is 16.6. The van der Waals surface area contributed by atoms with Gasteiger partial charge in [0.05, 0.1) is 17.1 Å². The second-order valence-corrected chi connectivity index (χ2v) is 6.54. The van der Waals surface area contributed by atoms with Crippen LogP contribution in [0.15, 0.2) is 26.8 Å². The molecule has 2 N–H and O–H groups in total. The van der Waals surface area contributed by atoms with Crippen molar-refractivity contribution < 1.29 is 19.1 Å². The quantitative estimate of drug-likeness (QED) is 0.612. The number of carbonyl (C=O) groups is 2. The lowest BCUT2D eigenvalue weighted by Crippen LogP contribution is -2.26. The number of nitrogens with zero attached hydrogens (tertiary/aromatic N) is 2. The molecule has 1 aromatic carbocycles. The van der Waals surface area contributed by atoms with E-state index in [2.05, 4.69) is 31.4 Å². The third kappa shape index (κ3) is 4.14.